The number of anilines is 1. The van der Waals surface area contributed by atoms with Crippen LogP contribution in [0.1, 0.15) is 16.1 Å². The average molecular weight is 348 g/mol. The lowest BCUT2D eigenvalue weighted by Gasteiger charge is -2.10. The van der Waals surface area contributed by atoms with Crippen LogP contribution in [0.2, 0.25) is 0 Å². The minimum atomic E-state index is -0.297. The van der Waals surface area contributed by atoms with Crippen LogP contribution in [-0.4, -0.2) is 27.6 Å². The average Bonchev–Trinajstić information content (AvgIpc) is 3.27. The number of aryl methyl sites for hydroxylation is 1. The van der Waals surface area contributed by atoms with Crippen molar-refractivity contribution in [3.05, 3.63) is 66.1 Å². The predicted molar refractivity (Wildman–Crippen MR) is 96.4 cm³/mol. The summed E-state index contributed by atoms with van der Waals surface area (Å²) in [5.41, 5.74) is 1.44. The van der Waals surface area contributed by atoms with Gasteiger partial charge in [0.05, 0.1) is 18.4 Å². The standard InChI is InChI=1S/C19H16N4O3/c1-12-9-10-16(26-12)18-22-21-17-13(6-5-11-23(17)18)19(24)20-14-7-3-4-8-15(14)25-2/h3-11H,1-2H3,(H,20,24). The molecule has 26 heavy (non-hydrogen) atoms. The van der Waals surface area contributed by atoms with Gasteiger partial charge in [-0.15, -0.1) is 10.2 Å². The summed E-state index contributed by atoms with van der Waals surface area (Å²) in [4.78, 5) is 12.8. The summed E-state index contributed by atoms with van der Waals surface area (Å²) in [6, 6.07) is 14.4. The Hall–Kier alpha value is -3.61. The molecule has 3 heterocycles. The van der Waals surface area contributed by atoms with E-state index in [1.165, 1.54) is 0 Å². The number of nitrogens with one attached hydrogen (secondary N) is 1. The SMILES string of the molecule is COc1ccccc1NC(=O)c1cccn2c(-c3ccc(C)o3)nnc12. The van der Waals surface area contributed by atoms with Crippen LogP contribution in [0.25, 0.3) is 17.2 Å². The minimum Gasteiger partial charge on any atom is -0.495 e. The maximum absolute atomic E-state index is 12.8. The number of furan rings is 1. The van der Waals surface area contributed by atoms with Gasteiger partial charge in [-0.1, -0.05) is 12.1 Å². The topological polar surface area (TPSA) is 81.7 Å². The van der Waals surface area contributed by atoms with Crippen molar-refractivity contribution >= 4 is 17.2 Å². The van der Waals surface area contributed by atoms with Crippen molar-refractivity contribution in [1.29, 1.82) is 0 Å². The van der Waals surface area contributed by atoms with Gasteiger partial charge in [-0.3, -0.25) is 9.20 Å². The Labute approximate surface area is 149 Å². The normalized spacial score (nSPS) is 10.8. The minimum absolute atomic E-state index is 0.297. The number of hydrogen-bond donors (Lipinski definition) is 1. The van der Waals surface area contributed by atoms with Crippen molar-refractivity contribution < 1.29 is 13.9 Å². The first-order valence-electron chi connectivity index (χ1n) is 8.02. The van der Waals surface area contributed by atoms with Crippen molar-refractivity contribution in [3.63, 3.8) is 0 Å². The van der Waals surface area contributed by atoms with E-state index in [-0.39, 0.29) is 5.91 Å². The Morgan fingerprint density at radius 3 is 2.73 bits per heavy atom. The maximum atomic E-state index is 12.8. The molecule has 0 aliphatic rings. The first kappa shape index (κ1) is 15.9. The molecular formula is C19H16N4O3. The van der Waals surface area contributed by atoms with Gasteiger partial charge in [0.2, 0.25) is 5.82 Å². The molecule has 0 aliphatic heterocycles. The number of benzene rings is 1. The Kier molecular flexibility index (Phi) is 3.89. The summed E-state index contributed by atoms with van der Waals surface area (Å²) >= 11 is 0. The van der Waals surface area contributed by atoms with E-state index in [1.807, 2.05) is 31.2 Å². The number of carbonyl (C=O) groups is 1. The van der Waals surface area contributed by atoms with Crippen LogP contribution in [-0.2, 0) is 0 Å². The molecule has 4 rings (SSSR count). The maximum Gasteiger partial charge on any atom is 0.259 e. The molecule has 7 heteroatoms. The molecule has 130 valence electrons. The molecule has 0 unspecified atom stereocenters. The van der Waals surface area contributed by atoms with E-state index in [2.05, 4.69) is 15.5 Å². The van der Waals surface area contributed by atoms with Gasteiger partial charge in [0.25, 0.3) is 5.91 Å². The van der Waals surface area contributed by atoms with Gasteiger partial charge in [0.1, 0.15) is 11.5 Å². The number of fused-ring (bicyclic) bond motifs is 1. The fraction of sp³-hybridized carbons (Fsp3) is 0.105. The molecule has 3 aromatic heterocycles. The monoisotopic (exact) mass is 348 g/mol. The number of ether oxygens (including phenoxy) is 1. The zero-order valence-electron chi connectivity index (χ0n) is 14.3. The number of nitrogens with zero attached hydrogens (tertiary/aromatic N) is 3. The molecule has 1 aromatic carbocycles. The molecule has 0 saturated carbocycles. The van der Waals surface area contributed by atoms with E-state index >= 15 is 0 Å². The molecule has 7 nitrogen and oxygen atoms in total. The molecule has 0 saturated heterocycles. The van der Waals surface area contributed by atoms with Crippen molar-refractivity contribution in [3.8, 4) is 17.3 Å². The van der Waals surface area contributed by atoms with E-state index in [0.29, 0.717) is 34.2 Å². The van der Waals surface area contributed by atoms with Crippen LogP contribution in [0.4, 0.5) is 5.69 Å². The predicted octanol–water partition coefficient (Wildman–Crippen LogP) is 3.56. The fourth-order valence-electron chi connectivity index (χ4n) is 2.75. The number of methoxy groups -OCH3 is 1. The van der Waals surface area contributed by atoms with Crippen molar-refractivity contribution in [2.45, 2.75) is 6.92 Å². The lowest BCUT2D eigenvalue weighted by Crippen LogP contribution is -2.14. The highest BCUT2D eigenvalue weighted by Gasteiger charge is 2.18. The third-order valence-electron chi connectivity index (χ3n) is 4.00. The van der Waals surface area contributed by atoms with Gasteiger partial charge >= 0.3 is 0 Å². The molecule has 0 atom stereocenters. The zero-order valence-corrected chi connectivity index (χ0v) is 14.3. The van der Waals surface area contributed by atoms with Gasteiger partial charge in [-0.25, -0.2) is 0 Å². The second-order valence-corrected chi connectivity index (χ2v) is 5.70. The Morgan fingerprint density at radius 1 is 1.12 bits per heavy atom. The molecule has 4 aromatic rings. The number of rotatable bonds is 4. The molecule has 0 fully saturated rings. The van der Waals surface area contributed by atoms with Gasteiger partial charge in [-0.05, 0) is 43.3 Å². The van der Waals surface area contributed by atoms with Gasteiger partial charge in [0, 0.05) is 6.20 Å². The van der Waals surface area contributed by atoms with Crippen LogP contribution in [0.15, 0.2) is 59.1 Å². The lowest BCUT2D eigenvalue weighted by molar-refractivity contribution is 0.102. The molecule has 0 radical (unpaired) electrons. The Bertz CT molecular complexity index is 1100. The van der Waals surface area contributed by atoms with E-state index in [1.54, 1.807) is 42.0 Å². The number of amides is 1. The second kappa shape index (κ2) is 6.36. The number of carbonyl (C=O) groups excluding carboxylic acids is 1. The molecule has 1 N–H and O–H groups in total. The van der Waals surface area contributed by atoms with Crippen molar-refractivity contribution in [1.82, 2.24) is 14.6 Å². The summed E-state index contributed by atoms with van der Waals surface area (Å²) in [6.07, 6.45) is 1.79. The number of hydrogen-bond acceptors (Lipinski definition) is 5. The van der Waals surface area contributed by atoms with Crippen LogP contribution in [0.5, 0.6) is 5.75 Å². The van der Waals surface area contributed by atoms with Crippen LogP contribution in [0.3, 0.4) is 0 Å². The third-order valence-corrected chi connectivity index (χ3v) is 4.00. The number of pyridine rings is 1. The summed E-state index contributed by atoms with van der Waals surface area (Å²) < 4.78 is 12.6. The van der Waals surface area contributed by atoms with E-state index in [9.17, 15) is 4.79 Å². The fourth-order valence-corrected chi connectivity index (χ4v) is 2.75. The quantitative estimate of drug-likeness (QED) is 0.610. The van der Waals surface area contributed by atoms with Crippen molar-refractivity contribution in [2.75, 3.05) is 12.4 Å². The molecule has 0 bridgehead atoms. The number of para-hydroxylation sites is 2. The second-order valence-electron chi connectivity index (χ2n) is 5.70. The lowest BCUT2D eigenvalue weighted by atomic mass is 10.2. The molecule has 1 amide bonds. The van der Waals surface area contributed by atoms with Gasteiger partial charge in [0.15, 0.2) is 11.4 Å². The highest BCUT2D eigenvalue weighted by Crippen LogP contribution is 2.25. The van der Waals surface area contributed by atoms with E-state index in [4.69, 9.17) is 9.15 Å². The molecular weight excluding hydrogens is 332 g/mol. The number of aromatic nitrogens is 3. The summed E-state index contributed by atoms with van der Waals surface area (Å²) in [7, 11) is 1.56. The van der Waals surface area contributed by atoms with Gasteiger partial charge < -0.3 is 14.5 Å². The highest BCUT2D eigenvalue weighted by atomic mass is 16.5. The molecule has 0 aliphatic carbocycles. The summed E-state index contributed by atoms with van der Waals surface area (Å²) in [5, 5.41) is 11.2. The van der Waals surface area contributed by atoms with E-state index < -0.39 is 0 Å². The Balaban J connectivity index is 1.73. The van der Waals surface area contributed by atoms with Crippen LogP contribution >= 0.6 is 0 Å². The summed E-state index contributed by atoms with van der Waals surface area (Å²) in [5.74, 6) is 2.20. The largest absolute Gasteiger partial charge is 0.495 e. The first-order valence-corrected chi connectivity index (χ1v) is 8.02. The zero-order chi connectivity index (χ0) is 18.1. The van der Waals surface area contributed by atoms with Crippen molar-refractivity contribution in [2.24, 2.45) is 0 Å². The smallest absolute Gasteiger partial charge is 0.259 e. The first-order chi connectivity index (χ1) is 12.7. The highest BCUT2D eigenvalue weighted by molar-refractivity contribution is 6.08. The third kappa shape index (κ3) is 2.69. The Morgan fingerprint density at radius 2 is 1.96 bits per heavy atom. The van der Waals surface area contributed by atoms with Crippen LogP contribution in [0, 0.1) is 6.92 Å². The molecule has 0 spiro atoms. The van der Waals surface area contributed by atoms with E-state index in [0.717, 1.165) is 5.76 Å². The summed E-state index contributed by atoms with van der Waals surface area (Å²) in [6.45, 7) is 1.86. The van der Waals surface area contributed by atoms with Gasteiger partial charge in [-0.2, -0.15) is 0 Å². The van der Waals surface area contributed by atoms with Crippen LogP contribution < -0.4 is 10.1 Å².